The van der Waals surface area contributed by atoms with E-state index in [-0.39, 0.29) is 24.4 Å². The van der Waals surface area contributed by atoms with Gasteiger partial charge < -0.3 is 16.0 Å². The average molecular weight is 206 g/mol. The molecule has 2 fully saturated rings. The van der Waals surface area contributed by atoms with Crippen LogP contribution in [0.15, 0.2) is 0 Å². The van der Waals surface area contributed by atoms with Crippen LogP contribution in [-0.2, 0) is 4.79 Å². The Balaban J connectivity index is 0.000000845. The van der Waals surface area contributed by atoms with Gasteiger partial charge in [0.15, 0.2) is 0 Å². The molecular weight excluding hydrogens is 190 g/mol. The van der Waals surface area contributed by atoms with Crippen LogP contribution in [0.3, 0.4) is 0 Å². The van der Waals surface area contributed by atoms with Gasteiger partial charge in [0.1, 0.15) is 0 Å². The minimum atomic E-state index is 0. The van der Waals surface area contributed by atoms with Gasteiger partial charge in [-0.3, -0.25) is 4.79 Å². The van der Waals surface area contributed by atoms with E-state index >= 15 is 0 Å². The topological polar surface area (TPSA) is 53.2 Å². The van der Waals surface area contributed by atoms with E-state index in [0.29, 0.717) is 6.04 Å². The lowest BCUT2D eigenvalue weighted by Crippen LogP contribution is -2.59. The molecule has 0 aromatic heterocycles. The first-order chi connectivity index (χ1) is 5.86. The molecule has 1 amide bonds. The van der Waals surface area contributed by atoms with E-state index in [9.17, 15) is 4.79 Å². The maximum atomic E-state index is 11.4. The van der Waals surface area contributed by atoms with Crippen LogP contribution in [0.5, 0.6) is 0 Å². The van der Waals surface area contributed by atoms with Crippen LogP contribution >= 0.6 is 12.4 Å². The third-order valence-electron chi connectivity index (χ3n) is 2.50. The molecule has 0 saturated carbocycles. The van der Waals surface area contributed by atoms with Crippen molar-refractivity contribution in [1.29, 1.82) is 0 Å². The first kappa shape index (κ1) is 10.8. The van der Waals surface area contributed by atoms with Gasteiger partial charge in [0.05, 0.1) is 12.1 Å². The normalized spacial score (nSPS) is 27.5. The Morgan fingerprint density at radius 3 is 2.62 bits per heavy atom. The van der Waals surface area contributed by atoms with Crippen molar-refractivity contribution in [3.8, 4) is 0 Å². The molecule has 2 heterocycles. The van der Waals surface area contributed by atoms with Crippen molar-refractivity contribution in [3.63, 3.8) is 0 Å². The zero-order chi connectivity index (χ0) is 8.39. The molecule has 2 rings (SSSR count). The van der Waals surface area contributed by atoms with Crippen molar-refractivity contribution < 1.29 is 4.79 Å². The Hall–Kier alpha value is -0.320. The van der Waals surface area contributed by atoms with Crippen molar-refractivity contribution in [2.75, 3.05) is 19.6 Å². The molecule has 76 valence electrons. The molecule has 2 aliphatic heterocycles. The monoisotopic (exact) mass is 205 g/mol. The van der Waals surface area contributed by atoms with E-state index in [1.54, 1.807) is 0 Å². The van der Waals surface area contributed by atoms with E-state index in [2.05, 4.69) is 16.0 Å². The molecule has 0 radical (unpaired) electrons. The van der Waals surface area contributed by atoms with Gasteiger partial charge in [-0.05, 0) is 19.4 Å². The first-order valence-corrected chi connectivity index (χ1v) is 4.61. The lowest BCUT2D eigenvalue weighted by atomic mass is 10.1. The maximum Gasteiger partial charge on any atom is 0.237 e. The summed E-state index contributed by atoms with van der Waals surface area (Å²) < 4.78 is 0. The van der Waals surface area contributed by atoms with Crippen LogP contribution in [0, 0.1) is 0 Å². The van der Waals surface area contributed by atoms with Gasteiger partial charge >= 0.3 is 0 Å². The Labute approximate surface area is 84.2 Å². The van der Waals surface area contributed by atoms with Gasteiger partial charge in [0.2, 0.25) is 5.91 Å². The minimum absolute atomic E-state index is 0. The quantitative estimate of drug-likeness (QED) is 0.556. The second-order valence-corrected chi connectivity index (χ2v) is 3.51. The second kappa shape index (κ2) is 4.79. The molecule has 5 heteroatoms. The van der Waals surface area contributed by atoms with E-state index in [1.807, 2.05) is 0 Å². The first-order valence-electron chi connectivity index (χ1n) is 4.61. The van der Waals surface area contributed by atoms with Crippen molar-refractivity contribution in [3.05, 3.63) is 0 Å². The van der Waals surface area contributed by atoms with Gasteiger partial charge in [0, 0.05) is 13.1 Å². The van der Waals surface area contributed by atoms with Gasteiger partial charge in [0.25, 0.3) is 0 Å². The summed E-state index contributed by atoms with van der Waals surface area (Å²) in [6.07, 6.45) is 2.12. The fraction of sp³-hybridized carbons (Fsp3) is 0.875. The number of amides is 1. The number of carbonyl (C=O) groups is 1. The number of hydrogen-bond acceptors (Lipinski definition) is 3. The standard InChI is InChI=1S/C8H15N3O.ClH/c12-8(7-2-1-3-10-7)11-6-4-9-5-6;/h6-7,9-10H,1-5H2,(H,11,12);1H/t7-;/m1./s1. The molecule has 0 bridgehead atoms. The molecule has 1 atom stereocenters. The van der Waals surface area contributed by atoms with Crippen molar-refractivity contribution in [1.82, 2.24) is 16.0 Å². The summed E-state index contributed by atoms with van der Waals surface area (Å²) in [6.45, 7) is 2.85. The smallest absolute Gasteiger partial charge is 0.237 e. The summed E-state index contributed by atoms with van der Waals surface area (Å²) in [4.78, 5) is 11.4. The summed E-state index contributed by atoms with van der Waals surface area (Å²) in [5, 5.41) is 9.29. The zero-order valence-electron chi connectivity index (χ0n) is 7.51. The van der Waals surface area contributed by atoms with Crippen LogP contribution in [0.2, 0.25) is 0 Å². The second-order valence-electron chi connectivity index (χ2n) is 3.51. The molecule has 2 aliphatic rings. The highest BCUT2D eigenvalue weighted by molar-refractivity contribution is 5.85. The van der Waals surface area contributed by atoms with E-state index in [1.165, 1.54) is 0 Å². The molecule has 0 unspecified atom stereocenters. The van der Waals surface area contributed by atoms with Gasteiger partial charge in [-0.25, -0.2) is 0 Å². The van der Waals surface area contributed by atoms with Crippen LogP contribution in [0.4, 0.5) is 0 Å². The van der Waals surface area contributed by atoms with Crippen LogP contribution in [-0.4, -0.2) is 37.6 Å². The summed E-state index contributed by atoms with van der Waals surface area (Å²) >= 11 is 0. The number of rotatable bonds is 2. The molecule has 13 heavy (non-hydrogen) atoms. The molecule has 0 aromatic rings. The summed E-state index contributed by atoms with van der Waals surface area (Å²) in [5.41, 5.74) is 0. The minimum Gasteiger partial charge on any atom is -0.349 e. The lowest BCUT2D eigenvalue weighted by molar-refractivity contribution is -0.123. The number of hydrogen-bond donors (Lipinski definition) is 3. The zero-order valence-corrected chi connectivity index (χ0v) is 8.32. The van der Waals surface area contributed by atoms with Crippen molar-refractivity contribution in [2.45, 2.75) is 24.9 Å². The highest BCUT2D eigenvalue weighted by Crippen LogP contribution is 2.05. The maximum absolute atomic E-state index is 11.4. The number of carbonyl (C=O) groups excluding carboxylic acids is 1. The Kier molecular flexibility index (Phi) is 3.96. The molecule has 0 aliphatic carbocycles. The Morgan fingerprint density at radius 2 is 2.15 bits per heavy atom. The fourth-order valence-corrected chi connectivity index (χ4v) is 1.60. The fourth-order valence-electron chi connectivity index (χ4n) is 1.60. The number of halogens is 1. The van der Waals surface area contributed by atoms with Gasteiger partial charge in [-0.15, -0.1) is 12.4 Å². The molecule has 3 N–H and O–H groups in total. The van der Waals surface area contributed by atoms with Crippen LogP contribution in [0.25, 0.3) is 0 Å². The molecule has 4 nitrogen and oxygen atoms in total. The van der Waals surface area contributed by atoms with Crippen molar-refractivity contribution in [2.24, 2.45) is 0 Å². The number of nitrogens with one attached hydrogen (secondary N) is 3. The van der Waals surface area contributed by atoms with Gasteiger partial charge in [-0.2, -0.15) is 0 Å². The van der Waals surface area contributed by atoms with Crippen LogP contribution < -0.4 is 16.0 Å². The Bertz CT molecular complexity index is 178. The average Bonchev–Trinajstić information content (AvgIpc) is 2.47. The Morgan fingerprint density at radius 1 is 1.38 bits per heavy atom. The molecular formula is C8H16ClN3O. The van der Waals surface area contributed by atoms with Crippen molar-refractivity contribution >= 4 is 18.3 Å². The highest BCUT2D eigenvalue weighted by Gasteiger charge is 2.26. The van der Waals surface area contributed by atoms with E-state index < -0.39 is 0 Å². The largest absolute Gasteiger partial charge is 0.349 e. The molecule has 0 spiro atoms. The predicted molar refractivity (Wildman–Crippen MR) is 53.1 cm³/mol. The third-order valence-corrected chi connectivity index (χ3v) is 2.50. The predicted octanol–water partition coefficient (Wildman–Crippen LogP) is -0.752. The lowest BCUT2D eigenvalue weighted by Gasteiger charge is -2.29. The van der Waals surface area contributed by atoms with E-state index in [4.69, 9.17) is 0 Å². The molecule has 0 aromatic carbocycles. The van der Waals surface area contributed by atoms with Crippen LogP contribution in [0.1, 0.15) is 12.8 Å². The third kappa shape index (κ3) is 2.56. The van der Waals surface area contributed by atoms with E-state index in [0.717, 1.165) is 32.5 Å². The molecule has 2 saturated heterocycles. The SMILES string of the molecule is Cl.O=C(NC1CNC1)[C@H]1CCCN1. The van der Waals surface area contributed by atoms with Gasteiger partial charge in [-0.1, -0.05) is 0 Å². The summed E-state index contributed by atoms with van der Waals surface area (Å²) in [5.74, 6) is 0.180. The summed E-state index contributed by atoms with van der Waals surface area (Å²) in [6, 6.07) is 0.450. The highest BCUT2D eigenvalue weighted by atomic mass is 35.5. The summed E-state index contributed by atoms with van der Waals surface area (Å²) in [7, 11) is 0.